The lowest BCUT2D eigenvalue weighted by atomic mass is 9.73. The highest BCUT2D eigenvalue weighted by atomic mass is 19.4. The van der Waals surface area contributed by atoms with E-state index >= 15 is 0 Å². The molecule has 1 fully saturated rings. The quantitative estimate of drug-likeness (QED) is 0.655. The molecule has 0 spiro atoms. The molecule has 0 aliphatic carbocycles. The third kappa shape index (κ3) is 5.52. The van der Waals surface area contributed by atoms with Crippen molar-refractivity contribution in [3.8, 4) is 11.5 Å². The summed E-state index contributed by atoms with van der Waals surface area (Å²) in [6.45, 7) is 2.69. The van der Waals surface area contributed by atoms with Crippen molar-refractivity contribution in [2.75, 3.05) is 18.9 Å². The second-order valence-electron chi connectivity index (χ2n) is 7.73. The molecule has 1 unspecified atom stereocenters. The van der Waals surface area contributed by atoms with Crippen LogP contribution >= 0.6 is 0 Å². The Kier molecular flexibility index (Phi) is 6.96. The number of amides is 2. The molecular weight excluding hydrogens is 425 g/mol. The van der Waals surface area contributed by atoms with Crippen molar-refractivity contribution >= 4 is 17.7 Å². The Morgan fingerprint density at radius 1 is 1.12 bits per heavy atom. The lowest BCUT2D eigenvalue weighted by Crippen LogP contribution is -2.43. The summed E-state index contributed by atoms with van der Waals surface area (Å²) < 4.78 is 45.9. The van der Waals surface area contributed by atoms with Gasteiger partial charge < -0.3 is 14.4 Å². The van der Waals surface area contributed by atoms with Crippen LogP contribution in [0, 0.1) is 0 Å². The second-order valence-corrected chi connectivity index (χ2v) is 7.73. The number of nitrogens with one attached hydrogen (secondary N) is 1. The van der Waals surface area contributed by atoms with E-state index in [1.165, 1.54) is 12.1 Å². The Morgan fingerprint density at radius 3 is 2.50 bits per heavy atom. The Morgan fingerprint density at radius 2 is 1.84 bits per heavy atom. The Labute approximate surface area is 184 Å². The van der Waals surface area contributed by atoms with Crippen molar-refractivity contribution in [3.63, 3.8) is 0 Å². The minimum Gasteiger partial charge on any atom is -0.410 e. The van der Waals surface area contributed by atoms with Gasteiger partial charge in [0, 0.05) is 19.3 Å². The fraction of sp³-hybridized carbons (Fsp3) is 0.391. The number of anilines is 1. The molecule has 2 aromatic carbocycles. The first kappa shape index (κ1) is 23.4. The van der Waals surface area contributed by atoms with Crippen LogP contribution in [0.15, 0.2) is 48.5 Å². The lowest BCUT2D eigenvalue weighted by molar-refractivity contribution is -0.274. The number of likely N-dealkylation sites (N-methyl/N-ethyl adjacent to an activating group) is 1. The van der Waals surface area contributed by atoms with Crippen LogP contribution in [0.2, 0.25) is 0 Å². The van der Waals surface area contributed by atoms with Gasteiger partial charge >= 0.3 is 12.5 Å². The van der Waals surface area contributed by atoms with Gasteiger partial charge in [0.2, 0.25) is 5.91 Å². The molecule has 172 valence electrons. The average molecular weight is 450 g/mol. The first-order chi connectivity index (χ1) is 15.1. The van der Waals surface area contributed by atoms with E-state index in [4.69, 9.17) is 4.74 Å². The molecule has 1 saturated heterocycles. The zero-order valence-corrected chi connectivity index (χ0v) is 17.9. The Hall–Kier alpha value is -3.23. The topological polar surface area (TPSA) is 67.9 Å². The van der Waals surface area contributed by atoms with Crippen LogP contribution in [-0.2, 0) is 10.2 Å². The number of ether oxygens (including phenoxy) is 2. The summed E-state index contributed by atoms with van der Waals surface area (Å²) in [4.78, 5) is 27.1. The van der Waals surface area contributed by atoms with E-state index in [1.807, 2.05) is 13.0 Å². The summed E-state index contributed by atoms with van der Waals surface area (Å²) in [7, 11) is 1.80. The number of rotatable bonds is 5. The van der Waals surface area contributed by atoms with Crippen molar-refractivity contribution in [3.05, 3.63) is 54.1 Å². The molecule has 1 heterocycles. The fourth-order valence-corrected chi connectivity index (χ4v) is 4.00. The minimum absolute atomic E-state index is 0.0558. The molecule has 1 aliphatic rings. The van der Waals surface area contributed by atoms with Crippen molar-refractivity contribution < 1.29 is 32.2 Å². The van der Waals surface area contributed by atoms with Crippen LogP contribution in [0.4, 0.5) is 23.7 Å². The summed E-state index contributed by atoms with van der Waals surface area (Å²) in [6, 6.07) is 11.6. The van der Waals surface area contributed by atoms with Gasteiger partial charge in [0.15, 0.2) is 0 Å². The molecule has 9 heteroatoms. The van der Waals surface area contributed by atoms with E-state index in [0.29, 0.717) is 19.4 Å². The SMILES string of the molecule is CCC1(c2cccc(OC(=O)Nc3ccc(OC(F)(F)F)cc3)c2)CCCCN(C)C1=O. The Bertz CT molecular complexity index is 962. The maximum atomic E-state index is 13.1. The van der Waals surface area contributed by atoms with Crippen molar-refractivity contribution in [1.29, 1.82) is 0 Å². The normalized spacial score (nSPS) is 19.3. The van der Waals surface area contributed by atoms with Crippen LogP contribution in [-0.4, -0.2) is 36.9 Å². The molecule has 0 aromatic heterocycles. The molecular formula is C23H25F3N2O4. The van der Waals surface area contributed by atoms with Gasteiger partial charge in [-0.1, -0.05) is 25.5 Å². The molecule has 1 atom stereocenters. The van der Waals surface area contributed by atoms with Gasteiger partial charge in [-0.2, -0.15) is 0 Å². The van der Waals surface area contributed by atoms with E-state index in [0.717, 1.165) is 30.5 Å². The van der Waals surface area contributed by atoms with Gasteiger partial charge in [0.05, 0.1) is 5.41 Å². The average Bonchev–Trinajstić information content (AvgIpc) is 2.88. The summed E-state index contributed by atoms with van der Waals surface area (Å²) in [5, 5.41) is 2.46. The molecule has 0 saturated carbocycles. The van der Waals surface area contributed by atoms with E-state index < -0.39 is 23.6 Å². The molecule has 2 amide bonds. The van der Waals surface area contributed by atoms with Crippen LogP contribution in [0.5, 0.6) is 11.5 Å². The first-order valence-electron chi connectivity index (χ1n) is 10.3. The van der Waals surface area contributed by atoms with Crippen molar-refractivity contribution in [1.82, 2.24) is 4.90 Å². The molecule has 3 rings (SSSR count). The number of likely N-dealkylation sites (tertiary alicyclic amines) is 1. The number of nitrogens with zero attached hydrogens (tertiary/aromatic N) is 1. The van der Waals surface area contributed by atoms with Crippen molar-refractivity contribution in [2.24, 2.45) is 0 Å². The zero-order valence-electron chi connectivity index (χ0n) is 17.9. The van der Waals surface area contributed by atoms with Gasteiger partial charge in [-0.25, -0.2) is 4.79 Å². The van der Waals surface area contributed by atoms with Crippen molar-refractivity contribution in [2.45, 2.75) is 44.4 Å². The van der Waals surface area contributed by atoms with Crippen LogP contribution in [0.25, 0.3) is 0 Å². The predicted molar refractivity (Wildman–Crippen MR) is 113 cm³/mol. The summed E-state index contributed by atoms with van der Waals surface area (Å²) in [5.41, 5.74) is 0.360. The van der Waals surface area contributed by atoms with Gasteiger partial charge in [-0.05, 0) is 61.2 Å². The van der Waals surface area contributed by atoms with E-state index in [1.54, 1.807) is 30.1 Å². The van der Waals surface area contributed by atoms with Gasteiger partial charge in [0.1, 0.15) is 11.5 Å². The monoisotopic (exact) mass is 450 g/mol. The van der Waals surface area contributed by atoms with E-state index in [9.17, 15) is 22.8 Å². The molecule has 0 bridgehead atoms. The summed E-state index contributed by atoms with van der Waals surface area (Å²) in [6.07, 6.45) is -2.39. The number of hydrogen-bond donors (Lipinski definition) is 1. The maximum absolute atomic E-state index is 13.1. The summed E-state index contributed by atoms with van der Waals surface area (Å²) >= 11 is 0. The van der Waals surface area contributed by atoms with Crippen LogP contribution in [0.1, 0.15) is 38.2 Å². The largest absolute Gasteiger partial charge is 0.573 e. The maximum Gasteiger partial charge on any atom is 0.573 e. The molecule has 1 aliphatic heterocycles. The highest BCUT2D eigenvalue weighted by molar-refractivity contribution is 5.89. The zero-order chi connectivity index (χ0) is 23.4. The highest BCUT2D eigenvalue weighted by Gasteiger charge is 2.41. The number of hydrogen-bond acceptors (Lipinski definition) is 4. The van der Waals surface area contributed by atoms with E-state index in [-0.39, 0.29) is 17.3 Å². The number of halogens is 3. The lowest BCUT2D eigenvalue weighted by Gasteiger charge is -2.33. The third-order valence-electron chi connectivity index (χ3n) is 5.64. The van der Waals surface area contributed by atoms with Gasteiger partial charge in [-0.15, -0.1) is 13.2 Å². The van der Waals surface area contributed by atoms with Crippen LogP contribution < -0.4 is 14.8 Å². The smallest absolute Gasteiger partial charge is 0.410 e. The van der Waals surface area contributed by atoms with E-state index in [2.05, 4.69) is 10.1 Å². The number of carbonyl (C=O) groups excluding carboxylic acids is 2. The second kappa shape index (κ2) is 9.50. The number of benzene rings is 2. The molecule has 6 nitrogen and oxygen atoms in total. The summed E-state index contributed by atoms with van der Waals surface area (Å²) in [5.74, 6) is -0.0724. The molecule has 2 aromatic rings. The molecule has 32 heavy (non-hydrogen) atoms. The first-order valence-corrected chi connectivity index (χ1v) is 10.3. The molecule has 1 N–H and O–H groups in total. The fourth-order valence-electron chi connectivity index (χ4n) is 4.00. The predicted octanol–water partition coefficient (Wildman–Crippen LogP) is 5.49. The van der Waals surface area contributed by atoms with Gasteiger partial charge in [0.25, 0.3) is 0 Å². The number of alkyl halides is 3. The minimum atomic E-state index is -4.79. The standard InChI is InChI=1S/C23H25F3N2O4/c1-3-22(13-4-5-14-28(2)20(22)29)16-7-6-8-19(15-16)31-21(30)27-17-9-11-18(12-10-17)32-23(24,25)26/h6-12,15H,3-5,13-14H2,1-2H3,(H,27,30). The highest BCUT2D eigenvalue weighted by Crippen LogP contribution is 2.38. The Balaban J connectivity index is 1.71. The number of carbonyl (C=O) groups is 2. The van der Waals surface area contributed by atoms with Gasteiger partial charge in [-0.3, -0.25) is 10.1 Å². The van der Waals surface area contributed by atoms with Crippen LogP contribution in [0.3, 0.4) is 0 Å². The molecule has 0 radical (unpaired) electrons. The third-order valence-corrected chi connectivity index (χ3v) is 5.64.